The number of nitro groups is 1. The molecule has 0 saturated heterocycles. The second kappa shape index (κ2) is 5.14. The molecule has 0 saturated carbocycles. The maximum atomic E-state index is 10.2. The Kier molecular flexibility index (Phi) is 4.71. The number of nitrogens with one attached hydrogen (secondary N) is 1. The Balaban J connectivity index is 4.67. The predicted molar refractivity (Wildman–Crippen MR) is 64.5 cm³/mol. The van der Waals surface area contributed by atoms with Gasteiger partial charge in [-0.1, -0.05) is 27.7 Å². The van der Waals surface area contributed by atoms with Crippen molar-refractivity contribution in [1.29, 1.82) is 0 Å². The highest BCUT2D eigenvalue weighted by atomic mass is 16.7. The van der Waals surface area contributed by atoms with Crippen LogP contribution in [-0.4, -0.2) is 16.5 Å². The van der Waals surface area contributed by atoms with Crippen LogP contribution in [0.5, 0.6) is 0 Å². The lowest BCUT2D eigenvalue weighted by atomic mass is 9.79. The van der Waals surface area contributed by atoms with Gasteiger partial charge in [0.05, 0.1) is 0 Å². The smallest absolute Gasteiger partial charge is 0.266 e. The Morgan fingerprint density at radius 1 is 1.44 bits per heavy atom. The number of nitrogens with two attached hydrogens (primary N) is 1. The van der Waals surface area contributed by atoms with E-state index in [9.17, 15) is 10.1 Å². The van der Waals surface area contributed by atoms with Crippen LogP contribution in [0.25, 0.3) is 0 Å². The number of guanidine groups is 1. The first kappa shape index (κ1) is 14.7. The molecular formula is C10H22N4O2. The molecular weight excluding hydrogens is 208 g/mol. The van der Waals surface area contributed by atoms with E-state index >= 15 is 0 Å². The molecule has 6 heteroatoms. The molecule has 0 fully saturated rings. The Morgan fingerprint density at radius 3 is 2.25 bits per heavy atom. The van der Waals surface area contributed by atoms with Crippen molar-refractivity contribution >= 4 is 5.96 Å². The first-order chi connectivity index (χ1) is 7.08. The average Bonchev–Trinajstić information content (AvgIpc) is 1.98. The molecule has 1 atom stereocenters. The molecule has 1 unspecified atom stereocenters. The van der Waals surface area contributed by atoms with Crippen LogP contribution in [0.3, 0.4) is 0 Å². The maximum absolute atomic E-state index is 10.2. The number of hydrazone groups is 1. The van der Waals surface area contributed by atoms with E-state index in [0.717, 1.165) is 12.8 Å². The second-order valence-corrected chi connectivity index (χ2v) is 5.50. The first-order valence-corrected chi connectivity index (χ1v) is 5.35. The van der Waals surface area contributed by atoms with Gasteiger partial charge in [0.2, 0.25) is 0 Å². The lowest BCUT2D eigenvalue weighted by Gasteiger charge is -2.35. The van der Waals surface area contributed by atoms with Crippen molar-refractivity contribution in [2.75, 3.05) is 0 Å². The molecule has 94 valence electrons. The molecule has 0 spiro atoms. The average molecular weight is 230 g/mol. The third-order valence-electron chi connectivity index (χ3n) is 2.32. The van der Waals surface area contributed by atoms with E-state index in [4.69, 9.17) is 5.73 Å². The Bertz CT molecular complexity index is 283. The van der Waals surface area contributed by atoms with Gasteiger partial charge in [-0.25, -0.2) is 10.1 Å². The molecule has 0 aliphatic rings. The van der Waals surface area contributed by atoms with Gasteiger partial charge in [0.1, 0.15) is 5.10 Å². The molecule has 0 radical (unpaired) electrons. The monoisotopic (exact) mass is 230 g/mol. The van der Waals surface area contributed by atoms with E-state index in [2.05, 4.69) is 31.2 Å². The number of hydrogen-bond acceptors (Lipinski definition) is 2. The fraction of sp³-hybridized carbons (Fsp3) is 0.900. The van der Waals surface area contributed by atoms with Crippen molar-refractivity contribution in [1.82, 2.24) is 5.32 Å². The van der Waals surface area contributed by atoms with Crippen LogP contribution in [0, 0.1) is 15.5 Å². The van der Waals surface area contributed by atoms with Crippen LogP contribution in [0.2, 0.25) is 0 Å². The summed E-state index contributed by atoms with van der Waals surface area (Å²) in [5, 5.41) is 15.3. The maximum Gasteiger partial charge on any atom is 0.266 e. The van der Waals surface area contributed by atoms with Crippen LogP contribution in [0.1, 0.15) is 47.5 Å². The molecule has 0 amide bonds. The van der Waals surface area contributed by atoms with Crippen molar-refractivity contribution in [2.24, 2.45) is 16.3 Å². The Morgan fingerprint density at radius 2 is 1.94 bits per heavy atom. The number of nitrogens with zero attached hydrogens (tertiary/aromatic N) is 2. The molecule has 0 aromatic rings. The predicted octanol–water partition coefficient (Wildman–Crippen LogP) is 1.69. The Hall–Kier alpha value is -1.33. The van der Waals surface area contributed by atoms with Crippen LogP contribution < -0.4 is 11.1 Å². The lowest BCUT2D eigenvalue weighted by molar-refractivity contribution is -0.485. The summed E-state index contributed by atoms with van der Waals surface area (Å²) in [5.41, 5.74) is 5.29. The summed E-state index contributed by atoms with van der Waals surface area (Å²) in [6, 6.07) is 0. The highest BCUT2D eigenvalue weighted by molar-refractivity contribution is 5.77. The van der Waals surface area contributed by atoms with Gasteiger partial charge in [-0.05, 0) is 25.2 Å². The first-order valence-electron chi connectivity index (χ1n) is 5.35. The molecule has 0 aliphatic carbocycles. The van der Waals surface area contributed by atoms with Crippen LogP contribution >= 0.6 is 0 Å². The van der Waals surface area contributed by atoms with E-state index in [1.54, 1.807) is 0 Å². The van der Waals surface area contributed by atoms with E-state index in [-0.39, 0.29) is 16.9 Å². The lowest BCUT2D eigenvalue weighted by Crippen LogP contribution is -2.51. The third kappa shape index (κ3) is 6.21. The molecule has 0 bridgehead atoms. The van der Waals surface area contributed by atoms with Crippen LogP contribution in [0.15, 0.2) is 5.10 Å². The van der Waals surface area contributed by atoms with Gasteiger partial charge >= 0.3 is 0 Å². The summed E-state index contributed by atoms with van der Waals surface area (Å²) in [6.45, 7) is 10.3. The van der Waals surface area contributed by atoms with Gasteiger partial charge in [0.25, 0.3) is 5.96 Å². The van der Waals surface area contributed by atoms with Gasteiger partial charge in [-0.3, -0.25) is 0 Å². The Labute approximate surface area is 96.4 Å². The largest absolute Gasteiger partial charge is 0.365 e. The van der Waals surface area contributed by atoms with E-state index in [1.165, 1.54) is 0 Å². The van der Waals surface area contributed by atoms with Gasteiger partial charge < -0.3 is 11.1 Å². The fourth-order valence-corrected chi connectivity index (χ4v) is 1.85. The fourth-order valence-electron chi connectivity index (χ4n) is 1.85. The van der Waals surface area contributed by atoms with Crippen LogP contribution in [-0.2, 0) is 0 Å². The van der Waals surface area contributed by atoms with Gasteiger partial charge in [0.15, 0.2) is 5.03 Å². The van der Waals surface area contributed by atoms with Crippen molar-refractivity contribution in [2.45, 2.75) is 53.0 Å². The minimum absolute atomic E-state index is 0.118. The molecule has 0 aliphatic heterocycles. The number of rotatable bonds is 4. The minimum Gasteiger partial charge on any atom is -0.365 e. The second-order valence-electron chi connectivity index (χ2n) is 5.50. The van der Waals surface area contributed by atoms with E-state index < -0.39 is 5.03 Å². The van der Waals surface area contributed by atoms with Gasteiger partial charge in [0, 0.05) is 5.54 Å². The summed E-state index contributed by atoms with van der Waals surface area (Å²) in [5.74, 6) is -0.140. The van der Waals surface area contributed by atoms with E-state index in [0.29, 0.717) is 0 Å². The summed E-state index contributed by atoms with van der Waals surface area (Å²) in [6.07, 6.45) is 1.67. The summed E-state index contributed by atoms with van der Waals surface area (Å²) >= 11 is 0. The molecule has 0 aromatic carbocycles. The minimum atomic E-state index is -0.796. The quantitative estimate of drug-likeness (QED) is 0.332. The van der Waals surface area contributed by atoms with Crippen molar-refractivity contribution in [3.63, 3.8) is 0 Å². The molecule has 6 nitrogen and oxygen atoms in total. The van der Waals surface area contributed by atoms with Gasteiger partial charge in [-0.2, -0.15) is 0 Å². The van der Waals surface area contributed by atoms with Crippen molar-refractivity contribution in [3.05, 3.63) is 10.1 Å². The topological polar surface area (TPSA) is 93.5 Å². The van der Waals surface area contributed by atoms with Crippen molar-refractivity contribution in [3.8, 4) is 0 Å². The molecule has 3 N–H and O–H groups in total. The van der Waals surface area contributed by atoms with Gasteiger partial charge in [-0.15, -0.1) is 0 Å². The standard InChI is InChI=1S/C10H22N4O2/c1-6-10(5,7-9(2,3)4)12-8(11)13-14(15)16/h6-7H2,1-5H3,(H3,11,12,13). The van der Waals surface area contributed by atoms with Crippen molar-refractivity contribution < 1.29 is 5.03 Å². The highest BCUT2D eigenvalue weighted by Crippen LogP contribution is 2.29. The zero-order valence-electron chi connectivity index (χ0n) is 10.7. The molecule has 0 rings (SSSR count). The molecule has 0 heterocycles. The zero-order valence-corrected chi connectivity index (χ0v) is 10.7. The third-order valence-corrected chi connectivity index (χ3v) is 2.32. The highest BCUT2D eigenvalue weighted by Gasteiger charge is 2.29. The van der Waals surface area contributed by atoms with E-state index in [1.807, 2.05) is 13.8 Å². The normalized spacial score (nSPS) is 16.7. The summed E-state index contributed by atoms with van der Waals surface area (Å²) in [4.78, 5) is 10.2. The summed E-state index contributed by atoms with van der Waals surface area (Å²) < 4.78 is 0. The SMILES string of the molecule is CCC(C)(CC(C)(C)C)N/C(N)=N/[N+](=O)[O-]. The molecule has 0 aromatic heterocycles. The number of hydrogen-bond donors (Lipinski definition) is 2. The zero-order chi connectivity index (χ0) is 13.0. The molecule has 16 heavy (non-hydrogen) atoms. The summed E-state index contributed by atoms with van der Waals surface area (Å²) in [7, 11) is 0. The van der Waals surface area contributed by atoms with Crippen LogP contribution in [0.4, 0.5) is 0 Å².